The Labute approximate surface area is 79.8 Å². The predicted octanol–water partition coefficient (Wildman–Crippen LogP) is -2.47. The summed E-state index contributed by atoms with van der Waals surface area (Å²) < 4.78 is 0. The van der Waals surface area contributed by atoms with E-state index in [4.69, 9.17) is 0 Å². The molecule has 0 amide bonds. The number of nitrogens with zero attached hydrogens (tertiary/aromatic N) is 1. The highest BCUT2D eigenvalue weighted by atomic mass is 16.3. The van der Waals surface area contributed by atoms with Crippen LogP contribution in [0.3, 0.4) is 0 Å². The molecule has 4 nitrogen and oxygen atoms in total. The highest BCUT2D eigenvalue weighted by Crippen LogP contribution is 1.94. The van der Waals surface area contributed by atoms with Gasteiger partial charge in [0.25, 0.3) is 0 Å². The predicted molar refractivity (Wildman–Crippen MR) is 44.8 cm³/mol. The first-order valence-corrected chi connectivity index (χ1v) is 4.61. The molecule has 0 saturated carbocycles. The SMILES string of the molecule is CC([O-])CN(CC(C)[O-])CC(C)[O-]. The lowest BCUT2D eigenvalue weighted by Crippen LogP contribution is -2.48. The van der Waals surface area contributed by atoms with E-state index in [0.717, 1.165) is 0 Å². The summed E-state index contributed by atoms with van der Waals surface area (Å²) in [5, 5.41) is 32.6. The molecule has 13 heavy (non-hydrogen) atoms. The van der Waals surface area contributed by atoms with Crippen molar-refractivity contribution in [3.05, 3.63) is 0 Å². The van der Waals surface area contributed by atoms with Crippen LogP contribution in [0.1, 0.15) is 20.8 Å². The third kappa shape index (κ3) is 8.18. The van der Waals surface area contributed by atoms with Gasteiger partial charge in [0.05, 0.1) is 0 Å². The molecule has 0 aliphatic carbocycles. The fourth-order valence-electron chi connectivity index (χ4n) is 1.31. The van der Waals surface area contributed by atoms with Crippen molar-refractivity contribution in [1.29, 1.82) is 0 Å². The van der Waals surface area contributed by atoms with Gasteiger partial charge < -0.3 is 20.2 Å². The lowest BCUT2D eigenvalue weighted by Gasteiger charge is -2.36. The van der Waals surface area contributed by atoms with E-state index < -0.39 is 18.3 Å². The van der Waals surface area contributed by atoms with Crippen molar-refractivity contribution >= 4 is 0 Å². The van der Waals surface area contributed by atoms with Crippen LogP contribution in [-0.4, -0.2) is 42.8 Å². The highest BCUT2D eigenvalue weighted by molar-refractivity contribution is 4.65. The Bertz CT molecular complexity index is 102. The minimum Gasteiger partial charge on any atom is -0.851 e. The molecule has 3 unspecified atom stereocenters. The van der Waals surface area contributed by atoms with Crippen LogP contribution in [0.25, 0.3) is 0 Å². The summed E-state index contributed by atoms with van der Waals surface area (Å²) in [6.45, 7) is 5.49. The topological polar surface area (TPSA) is 72.4 Å². The minimum atomic E-state index is -0.738. The molecule has 0 radical (unpaired) electrons. The van der Waals surface area contributed by atoms with E-state index in [1.54, 1.807) is 4.90 Å². The molecule has 4 heteroatoms. The Balaban J connectivity index is 3.87. The van der Waals surface area contributed by atoms with E-state index in [9.17, 15) is 15.3 Å². The maximum Gasteiger partial charge on any atom is -0.0147 e. The Morgan fingerprint density at radius 2 is 1.00 bits per heavy atom. The van der Waals surface area contributed by atoms with Gasteiger partial charge in [0.2, 0.25) is 0 Å². The molecule has 0 aromatic heterocycles. The molecule has 0 aromatic rings. The molecular weight excluding hydrogens is 170 g/mol. The average Bonchev–Trinajstić information content (AvgIpc) is 1.80. The number of hydrogen-bond donors (Lipinski definition) is 0. The molecule has 0 heterocycles. The average molecular weight is 188 g/mol. The van der Waals surface area contributed by atoms with Crippen LogP contribution >= 0.6 is 0 Å². The van der Waals surface area contributed by atoms with Gasteiger partial charge in [-0.2, -0.15) is 0 Å². The molecule has 3 atom stereocenters. The second kappa shape index (κ2) is 6.32. The standard InChI is InChI=1S/C9H18NO3/c1-7(11)4-10(5-8(2)12)6-9(3)13/h7-9H,4-6H2,1-3H3/q-3. The fourth-order valence-corrected chi connectivity index (χ4v) is 1.31. The number of hydrogen-bond acceptors (Lipinski definition) is 4. The summed E-state index contributed by atoms with van der Waals surface area (Å²) in [5.41, 5.74) is 0. The molecular formula is C9H18NO3-3. The van der Waals surface area contributed by atoms with Crippen molar-refractivity contribution < 1.29 is 15.3 Å². The Hall–Kier alpha value is -0.160. The molecule has 0 aliphatic heterocycles. The lowest BCUT2D eigenvalue weighted by atomic mass is 10.2. The molecule has 0 aromatic carbocycles. The molecule has 0 rings (SSSR count). The first kappa shape index (κ1) is 12.8. The van der Waals surface area contributed by atoms with E-state index in [1.807, 2.05) is 0 Å². The van der Waals surface area contributed by atoms with Gasteiger partial charge in [-0.3, -0.25) is 0 Å². The zero-order valence-electron chi connectivity index (χ0n) is 8.53. The van der Waals surface area contributed by atoms with Gasteiger partial charge in [-0.15, -0.1) is 18.3 Å². The first-order valence-electron chi connectivity index (χ1n) is 4.61. The summed E-state index contributed by atoms with van der Waals surface area (Å²) in [6.07, 6.45) is -2.22. The van der Waals surface area contributed by atoms with Gasteiger partial charge in [0, 0.05) is 0 Å². The zero-order chi connectivity index (χ0) is 10.4. The largest absolute Gasteiger partial charge is 0.851 e. The molecule has 0 bridgehead atoms. The maximum absolute atomic E-state index is 10.9. The Morgan fingerprint density at radius 1 is 0.769 bits per heavy atom. The summed E-state index contributed by atoms with van der Waals surface area (Å²) in [5.74, 6) is 0. The van der Waals surface area contributed by atoms with Crippen LogP contribution in [0.15, 0.2) is 0 Å². The van der Waals surface area contributed by atoms with Crippen LogP contribution in [0.4, 0.5) is 0 Å². The van der Waals surface area contributed by atoms with Gasteiger partial charge >= 0.3 is 0 Å². The molecule has 0 spiro atoms. The van der Waals surface area contributed by atoms with Gasteiger partial charge in [0.1, 0.15) is 0 Å². The van der Waals surface area contributed by atoms with Crippen LogP contribution in [-0.2, 0) is 0 Å². The fraction of sp³-hybridized carbons (Fsp3) is 1.00. The first-order chi connectivity index (χ1) is 5.91. The van der Waals surface area contributed by atoms with Crippen LogP contribution in [0.5, 0.6) is 0 Å². The van der Waals surface area contributed by atoms with Crippen molar-refractivity contribution in [2.24, 2.45) is 0 Å². The van der Waals surface area contributed by atoms with Crippen molar-refractivity contribution in [2.75, 3.05) is 19.6 Å². The van der Waals surface area contributed by atoms with Crippen molar-refractivity contribution in [3.8, 4) is 0 Å². The van der Waals surface area contributed by atoms with Gasteiger partial charge in [0.15, 0.2) is 0 Å². The van der Waals surface area contributed by atoms with Gasteiger partial charge in [-0.1, -0.05) is 20.8 Å². The van der Waals surface area contributed by atoms with Crippen LogP contribution < -0.4 is 15.3 Å². The van der Waals surface area contributed by atoms with E-state index in [0.29, 0.717) is 19.6 Å². The number of rotatable bonds is 6. The van der Waals surface area contributed by atoms with Gasteiger partial charge in [-0.25, -0.2) is 0 Å². The molecule has 0 aliphatic rings. The second-order valence-electron chi connectivity index (χ2n) is 3.65. The third-order valence-electron chi connectivity index (χ3n) is 1.55. The van der Waals surface area contributed by atoms with Gasteiger partial charge in [-0.05, 0) is 19.6 Å². The van der Waals surface area contributed by atoms with E-state index >= 15 is 0 Å². The molecule has 0 fully saturated rings. The Morgan fingerprint density at radius 3 is 1.15 bits per heavy atom. The minimum absolute atomic E-state index is 0.291. The smallest absolute Gasteiger partial charge is 0.0147 e. The van der Waals surface area contributed by atoms with Crippen molar-refractivity contribution in [3.63, 3.8) is 0 Å². The highest BCUT2D eigenvalue weighted by Gasteiger charge is 2.03. The van der Waals surface area contributed by atoms with Crippen molar-refractivity contribution in [1.82, 2.24) is 4.90 Å². The van der Waals surface area contributed by atoms with E-state index in [1.165, 1.54) is 20.8 Å². The van der Waals surface area contributed by atoms with E-state index in [-0.39, 0.29) is 0 Å². The quantitative estimate of drug-likeness (QED) is 0.463. The monoisotopic (exact) mass is 188 g/mol. The molecule has 0 N–H and O–H groups in total. The Kier molecular flexibility index (Phi) is 6.24. The van der Waals surface area contributed by atoms with E-state index in [2.05, 4.69) is 0 Å². The molecule has 0 saturated heterocycles. The maximum atomic E-state index is 10.9. The van der Waals surface area contributed by atoms with Crippen LogP contribution in [0, 0.1) is 0 Å². The summed E-state index contributed by atoms with van der Waals surface area (Å²) in [7, 11) is 0. The zero-order valence-corrected chi connectivity index (χ0v) is 8.53. The normalized spacial score (nSPS) is 18.7. The second-order valence-corrected chi connectivity index (χ2v) is 3.65. The molecule has 80 valence electrons. The summed E-state index contributed by atoms with van der Waals surface area (Å²) in [6, 6.07) is 0. The third-order valence-corrected chi connectivity index (χ3v) is 1.55. The summed E-state index contributed by atoms with van der Waals surface area (Å²) in [4.78, 5) is 1.66. The van der Waals surface area contributed by atoms with Crippen LogP contribution in [0.2, 0.25) is 0 Å². The summed E-state index contributed by atoms with van der Waals surface area (Å²) >= 11 is 0. The van der Waals surface area contributed by atoms with Crippen molar-refractivity contribution in [2.45, 2.75) is 39.1 Å². The lowest BCUT2D eigenvalue weighted by molar-refractivity contribution is -0.435.